The molecule has 10 heteroatoms. The normalized spacial score (nSPS) is 13.0. The van der Waals surface area contributed by atoms with Crippen molar-refractivity contribution >= 4 is 45.4 Å². The van der Waals surface area contributed by atoms with Gasteiger partial charge in [0.2, 0.25) is 0 Å². The maximum atomic E-state index is 13.7. The van der Waals surface area contributed by atoms with Gasteiger partial charge in [-0.3, -0.25) is 14.2 Å². The number of aromatic nitrogens is 2. The van der Waals surface area contributed by atoms with Crippen molar-refractivity contribution in [3.63, 3.8) is 0 Å². The number of amides is 1. The lowest BCUT2D eigenvalue weighted by molar-refractivity contribution is -0.118. The maximum absolute atomic E-state index is 13.7. The van der Waals surface area contributed by atoms with Gasteiger partial charge in [-0.15, -0.1) is 11.3 Å². The zero-order chi connectivity index (χ0) is 25.8. The number of hydrogen-bond acceptors (Lipinski definition) is 8. The van der Waals surface area contributed by atoms with Crippen LogP contribution in [0.2, 0.25) is 0 Å². The summed E-state index contributed by atoms with van der Waals surface area (Å²) in [5.41, 5.74) is 5.03. The van der Waals surface area contributed by atoms with Crippen LogP contribution in [-0.2, 0) is 17.6 Å². The minimum absolute atomic E-state index is 0.0486. The molecule has 0 bridgehead atoms. The zero-order valence-electron chi connectivity index (χ0n) is 20.5. The highest BCUT2D eigenvalue weighted by molar-refractivity contribution is 7.99. The van der Waals surface area contributed by atoms with Crippen LogP contribution in [0.3, 0.4) is 0 Å². The molecule has 0 unspecified atom stereocenters. The number of methoxy groups -OCH3 is 2. The summed E-state index contributed by atoms with van der Waals surface area (Å²) in [7, 11) is 3.14. The summed E-state index contributed by atoms with van der Waals surface area (Å²) in [6.07, 6.45) is 5.64. The van der Waals surface area contributed by atoms with E-state index in [1.165, 1.54) is 22.9 Å². The van der Waals surface area contributed by atoms with Crippen molar-refractivity contribution in [3.05, 3.63) is 74.9 Å². The molecule has 0 radical (unpaired) electrons. The van der Waals surface area contributed by atoms with E-state index in [4.69, 9.17) is 14.5 Å². The summed E-state index contributed by atoms with van der Waals surface area (Å²) in [5, 5.41) is 5.27. The van der Waals surface area contributed by atoms with Crippen LogP contribution in [-0.4, -0.2) is 41.6 Å². The number of thiophene rings is 1. The number of fused-ring (bicyclic) bond motifs is 3. The molecule has 2 aromatic heterocycles. The predicted molar refractivity (Wildman–Crippen MR) is 148 cm³/mol. The second-order valence-corrected chi connectivity index (χ2v) is 10.5. The fourth-order valence-corrected chi connectivity index (χ4v) is 6.46. The monoisotopic (exact) mass is 534 g/mol. The predicted octanol–water partition coefficient (Wildman–Crippen LogP) is 4.59. The highest BCUT2D eigenvalue weighted by Gasteiger charge is 2.23. The smallest absolute Gasteiger partial charge is 0.267 e. The highest BCUT2D eigenvalue weighted by atomic mass is 32.2. The summed E-state index contributed by atoms with van der Waals surface area (Å²) in [5.74, 6) is 0.977. The van der Waals surface area contributed by atoms with Gasteiger partial charge < -0.3 is 9.47 Å². The van der Waals surface area contributed by atoms with Crippen molar-refractivity contribution in [1.82, 2.24) is 15.0 Å². The van der Waals surface area contributed by atoms with E-state index >= 15 is 0 Å². The topological polar surface area (TPSA) is 94.8 Å². The number of hydrogen-bond donors (Lipinski definition) is 1. The standard InChI is InChI=1S/C27H26N4O4S2/c1-34-19-13-12-17(21(14-19)35-2)15-28-30-23(32)16-36-27-29-25-24(20-10-6-7-11-22(20)37-25)26(33)31(27)18-8-4-3-5-9-18/h3-5,8-9,12-15H,6-7,10-11,16H2,1-2H3,(H,30,32)/b28-15+. The first-order valence-corrected chi connectivity index (χ1v) is 13.7. The number of carbonyl (C=O) groups excluding carboxylic acids is 1. The molecule has 0 aliphatic heterocycles. The van der Waals surface area contributed by atoms with E-state index in [9.17, 15) is 9.59 Å². The number of nitrogens with one attached hydrogen (secondary N) is 1. The van der Waals surface area contributed by atoms with E-state index in [0.717, 1.165) is 47.2 Å². The van der Waals surface area contributed by atoms with E-state index in [1.807, 2.05) is 30.3 Å². The first-order chi connectivity index (χ1) is 18.1. The average Bonchev–Trinajstić information content (AvgIpc) is 3.31. The van der Waals surface area contributed by atoms with E-state index in [-0.39, 0.29) is 17.2 Å². The van der Waals surface area contributed by atoms with Crippen LogP contribution in [0.25, 0.3) is 15.9 Å². The van der Waals surface area contributed by atoms with Crippen LogP contribution in [0.15, 0.2) is 63.6 Å². The number of thioether (sulfide) groups is 1. The molecule has 2 aromatic carbocycles. The highest BCUT2D eigenvalue weighted by Crippen LogP contribution is 2.35. The first-order valence-electron chi connectivity index (χ1n) is 11.9. The van der Waals surface area contributed by atoms with Crippen molar-refractivity contribution in [2.24, 2.45) is 5.10 Å². The van der Waals surface area contributed by atoms with Crippen molar-refractivity contribution in [2.45, 2.75) is 30.8 Å². The minimum atomic E-state index is -0.312. The van der Waals surface area contributed by atoms with Crippen LogP contribution in [0, 0.1) is 0 Å². The van der Waals surface area contributed by atoms with Crippen LogP contribution >= 0.6 is 23.1 Å². The molecule has 1 aliphatic rings. The summed E-state index contributed by atoms with van der Waals surface area (Å²) >= 11 is 2.82. The first kappa shape index (κ1) is 25.0. The van der Waals surface area contributed by atoms with Crippen molar-refractivity contribution in [2.75, 3.05) is 20.0 Å². The Bertz CT molecular complexity index is 1530. The molecule has 0 saturated carbocycles. The largest absolute Gasteiger partial charge is 0.497 e. The SMILES string of the molecule is COc1ccc(/C=N/NC(=O)CSc2nc3sc4c(c3c(=O)n2-c2ccccc2)CCCC4)c(OC)c1. The molecule has 5 rings (SSSR count). The van der Waals surface area contributed by atoms with Crippen molar-refractivity contribution in [3.8, 4) is 17.2 Å². The quantitative estimate of drug-likeness (QED) is 0.154. The van der Waals surface area contributed by atoms with Gasteiger partial charge in [-0.25, -0.2) is 10.4 Å². The Morgan fingerprint density at radius 1 is 1.16 bits per heavy atom. The molecule has 4 aromatic rings. The lowest BCUT2D eigenvalue weighted by Crippen LogP contribution is -2.24. The van der Waals surface area contributed by atoms with Gasteiger partial charge in [-0.05, 0) is 55.5 Å². The Morgan fingerprint density at radius 3 is 2.76 bits per heavy atom. The van der Waals surface area contributed by atoms with Gasteiger partial charge in [0.25, 0.3) is 11.5 Å². The third-order valence-corrected chi connectivity index (χ3v) is 8.26. The van der Waals surface area contributed by atoms with Gasteiger partial charge in [0.1, 0.15) is 16.3 Å². The number of benzene rings is 2. The Morgan fingerprint density at radius 2 is 1.97 bits per heavy atom. The number of aryl methyl sites for hydroxylation is 2. The number of hydrazone groups is 1. The van der Waals surface area contributed by atoms with Gasteiger partial charge in [0.05, 0.1) is 37.3 Å². The molecule has 2 heterocycles. The maximum Gasteiger partial charge on any atom is 0.267 e. The number of nitrogens with zero attached hydrogens (tertiary/aromatic N) is 3. The number of para-hydroxylation sites is 1. The fraction of sp³-hybridized carbons (Fsp3) is 0.259. The molecule has 1 N–H and O–H groups in total. The van der Waals surface area contributed by atoms with Gasteiger partial charge in [0, 0.05) is 16.5 Å². The van der Waals surface area contributed by atoms with Gasteiger partial charge in [0.15, 0.2) is 5.16 Å². The molecular formula is C27H26N4O4S2. The Kier molecular flexibility index (Phi) is 7.57. The summed E-state index contributed by atoms with van der Waals surface area (Å²) < 4.78 is 12.2. The lowest BCUT2D eigenvalue weighted by Gasteiger charge is -2.13. The third-order valence-electron chi connectivity index (χ3n) is 6.14. The summed E-state index contributed by atoms with van der Waals surface area (Å²) in [6, 6.07) is 14.8. The number of ether oxygens (including phenoxy) is 2. The molecule has 1 aliphatic carbocycles. The van der Waals surface area contributed by atoms with Crippen LogP contribution in [0.1, 0.15) is 28.8 Å². The summed E-state index contributed by atoms with van der Waals surface area (Å²) in [6.45, 7) is 0. The molecule has 190 valence electrons. The van der Waals surface area contributed by atoms with E-state index in [0.29, 0.717) is 22.2 Å². The Labute approximate surface area is 222 Å². The van der Waals surface area contributed by atoms with Gasteiger partial charge in [-0.2, -0.15) is 5.10 Å². The molecule has 0 spiro atoms. The van der Waals surface area contributed by atoms with E-state index in [1.54, 1.807) is 48.3 Å². The molecular weight excluding hydrogens is 508 g/mol. The fourth-order valence-electron chi connectivity index (χ4n) is 4.35. The van der Waals surface area contributed by atoms with E-state index < -0.39 is 0 Å². The molecule has 1 amide bonds. The van der Waals surface area contributed by atoms with Crippen molar-refractivity contribution in [1.29, 1.82) is 0 Å². The summed E-state index contributed by atoms with van der Waals surface area (Å²) in [4.78, 5) is 33.2. The number of carbonyl (C=O) groups is 1. The van der Waals surface area contributed by atoms with Crippen molar-refractivity contribution < 1.29 is 14.3 Å². The molecule has 0 atom stereocenters. The second-order valence-electron chi connectivity index (χ2n) is 8.45. The average molecular weight is 535 g/mol. The molecule has 0 saturated heterocycles. The van der Waals surface area contributed by atoms with Crippen LogP contribution in [0.5, 0.6) is 11.5 Å². The Hall–Kier alpha value is -3.63. The molecule has 37 heavy (non-hydrogen) atoms. The van der Waals surface area contributed by atoms with Crippen LogP contribution < -0.4 is 20.5 Å². The van der Waals surface area contributed by atoms with Gasteiger partial charge >= 0.3 is 0 Å². The zero-order valence-corrected chi connectivity index (χ0v) is 22.2. The lowest BCUT2D eigenvalue weighted by atomic mass is 9.97. The minimum Gasteiger partial charge on any atom is -0.497 e. The second kappa shape index (κ2) is 11.2. The third kappa shape index (κ3) is 5.26. The molecule has 0 fully saturated rings. The number of rotatable bonds is 8. The Balaban J connectivity index is 1.38. The van der Waals surface area contributed by atoms with E-state index in [2.05, 4.69) is 10.5 Å². The molecule has 8 nitrogen and oxygen atoms in total. The van der Waals surface area contributed by atoms with Crippen LogP contribution in [0.4, 0.5) is 0 Å². The van der Waals surface area contributed by atoms with Gasteiger partial charge in [-0.1, -0.05) is 30.0 Å².